The van der Waals surface area contributed by atoms with Crippen molar-refractivity contribution in [2.45, 2.75) is 115 Å². The third kappa shape index (κ3) is 12.8. The van der Waals surface area contributed by atoms with Crippen molar-refractivity contribution in [3.63, 3.8) is 0 Å². The number of likely N-dealkylation sites (tertiary alicyclic amines) is 1. The Labute approximate surface area is 272 Å². The van der Waals surface area contributed by atoms with Gasteiger partial charge in [0.15, 0.2) is 0 Å². The van der Waals surface area contributed by atoms with Gasteiger partial charge in [-0.15, -0.1) is 0 Å². The zero-order chi connectivity index (χ0) is 36.2. The molecular formula is C29H48N6O12. The molecule has 1 aliphatic heterocycles. The number of nitrogens with two attached hydrogens (primary N) is 1. The molecular weight excluding hydrogens is 624 g/mol. The molecule has 1 aliphatic rings. The van der Waals surface area contributed by atoms with Crippen molar-refractivity contribution in [2.24, 2.45) is 17.6 Å². The molecule has 0 aliphatic carbocycles. The summed E-state index contributed by atoms with van der Waals surface area (Å²) >= 11 is 0. The minimum Gasteiger partial charge on any atom is -0.481 e. The predicted octanol–water partition coefficient (Wildman–Crippen LogP) is -2.25. The maximum atomic E-state index is 13.4. The van der Waals surface area contributed by atoms with Crippen molar-refractivity contribution in [3.8, 4) is 0 Å². The van der Waals surface area contributed by atoms with Gasteiger partial charge in [0, 0.05) is 6.54 Å². The van der Waals surface area contributed by atoms with Crippen LogP contribution in [0.3, 0.4) is 0 Å². The molecule has 266 valence electrons. The fourth-order valence-corrected chi connectivity index (χ4v) is 5.01. The number of carboxylic acids is 3. The van der Waals surface area contributed by atoms with E-state index in [0.717, 1.165) is 4.90 Å². The van der Waals surface area contributed by atoms with Crippen LogP contribution in [0.2, 0.25) is 0 Å². The molecule has 1 rings (SSSR count). The number of nitrogens with one attached hydrogen (secondary N) is 4. The summed E-state index contributed by atoms with van der Waals surface area (Å²) in [7, 11) is 0. The van der Waals surface area contributed by atoms with E-state index >= 15 is 0 Å². The maximum Gasteiger partial charge on any atom is 0.326 e. The lowest BCUT2D eigenvalue weighted by Crippen LogP contribution is -2.62. The van der Waals surface area contributed by atoms with Gasteiger partial charge < -0.3 is 52.3 Å². The molecule has 0 bridgehead atoms. The molecule has 10 N–H and O–H groups in total. The van der Waals surface area contributed by atoms with Crippen LogP contribution in [-0.4, -0.2) is 122 Å². The van der Waals surface area contributed by atoms with E-state index in [9.17, 15) is 58.8 Å². The second-order valence-electron chi connectivity index (χ2n) is 12.2. The number of nitrogens with zero attached hydrogens (tertiary/aromatic N) is 1. The van der Waals surface area contributed by atoms with Crippen LogP contribution in [0.1, 0.15) is 73.1 Å². The van der Waals surface area contributed by atoms with E-state index in [1.54, 1.807) is 13.8 Å². The van der Waals surface area contributed by atoms with Crippen molar-refractivity contribution >= 4 is 47.4 Å². The van der Waals surface area contributed by atoms with Crippen LogP contribution < -0.4 is 27.0 Å². The Morgan fingerprint density at radius 1 is 0.766 bits per heavy atom. The maximum absolute atomic E-state index is 13.4. The number of aliphatic hydroxyl groups is 1. The van der Waals surface area contributed by atoms with Crippen molar-refractivity contribution in [1.82, 2.24) is 26.2 Å². The highest BCUT2D eigenvalue weighted by atomic mass is 16.4. The van der Waals surface area contributed by atoms with E-state index in [1.165, 1.54) is 6.92 Å². The summed E-state index contributed by atoms with van der Waals surface area (Å²) in [6.07, 6.45) is -2.36. The van der Waals surface area contributed by atoms with Gasteiger partial charge in [-0.3, -0.25) is 33.6 Å². The highest BCUT2D eigenvalue weighted by molar-refractivity contribution is 5.98. The molecule has 5 amide bonds. The molecule has 0 spiro atoms. The molecule has 0 radical (unpaired) electrons. The predicted molar refractivity (Wildman–Crippen MR) is 163 cm³/mol. The third-order valence-corrected chi connectivity index (χ3v) is 7.74. The van der Waals surface area contributed by atoms with Crippen molar-refractivity contribution in [2.75, 3.05) is 6.54 Å². The highest BCUT2D eigenvalue weighted by Crippen LogP contribution is 2.19. The first-order valence-electron chi connectivity index (χ1n) is 15.4. The summed E-state index contributed by atoms with van der Waals surface area (Å²) in [6, 6.07) is -8.80. The first-order valence-corrected chi connectivity index (χ1v) is 15.4. The highest BCUT2D eigenvalue weighted by Gasteiger charge is 2.40. The number of aliphatic carboxylic acids is 3. The Balaban J connectivity index is 3.23. The molecule has 1 saturated heterocycles. The number of hydrogen-bond donors (Lipinski definition) is 9. The zero-order valence-electron chi connectivity index (χ0n) is 27.2. The summed E-state index contributed by atoms with van der Waals surface area (Å²) in [4.78, 5) is 101. The summed E-state index contributed by atoms with van der Waals surface area (Å²) in [6.45, 7) is 8.16. The average Bonchev–Trinajstić information content (AvgIpc) is 3.46. The van der Waals surface area contributed by atoms with Gasteiger partial charge in [-0.05, 0) is 38.0 Å². The quantitative estimate of drug-likeness (QED) is 0.0702. The lowest BCUT2D eigenvalue weighted by molar-refractivity contribution is -0.151. The van der Waals surface area contributed by atoms with Crippen molar-refractivity contribution in [3.05, 3.63) is 0 Å². The van der Waals surface area contributed by atoms with E-state index in [1.807, 2.05) is 13.8 Å². The van der Waals surface area contributed by atoms with Crippen LogP contribution in [-0.2, 0) is 38.4 Å². The number of carbonyl (C=O) groups excluding carboxylic acids is 5. The minimum absolute atomic E-state index is 0.00900. The summed E-state index contributed by atoms with van der Waals surface area (Å²) in [5, 5.41) is 47.6. The standard InChI is InChI=1S/C29H48N6O12/c1-6-14(4)22(33-27(44)23(15(5)36)34-24(41)16(30)10-13(2)3)26(43)31-17(11-20(37)38)25(42)32-18(12-21(39)40)28(45)35-9-7-8-19(35)29(46)47/h13-19,22-23,36H,6-12,30H2,1-5H3,(H,31,43)(H,32,42)(H,33,44)(H,34,41)(H,37,38)(H,39,40)(H,46,47). The van der Waals surface area contributed by atoms with Gasteiger partial charge in [-0.25, -0.2) is 4.79 Å². The fraction of sp³-hybridized carbons (Fsp3) is 0.724. The molecule has 0 aromatic heterocycles. The first kappa shape index (κ1) is 40.7. The van der Waals surface area contributed by atoms with Crippen molar-refractivity contribution < 1.29 is 58.8 Å². The SMILES string of the molecule is CCC(C)C(NC(=O)C(NC(=O)C(N)CC(C)C)C(C)O)C(=O)NC(CC(=O)O)C(=O)NC(CC(=O)O)C(=O)N1CCCC1C(=O)O. The van der Waals surface area contributed by atoms with Gasteiger partial charge in [0.1, 0.15) is 30.2 Å². The van der Waals surface area contributed by atoms with Gasteiger partial charge in [0.05, 0.1) is 25.0 Å². The first-order chi connectivity index (χ1) is 21.8. The van der Waals surface area contributed by atoms with Crippen LogP contribution in [0.25, 0.3) is 0 Å². The molecule has 18 heteroatoms. The topological polar surface area (TPSA) is 295 Å². The average molecular weight is 673 g/mol. The van der Waals surface area contributed by atoms with Gasteiger partial charge in [-0.2, -0.15) is 0 Å². The Kier molecular flexibility index (Phi) is 16.2. The number of rotatable bonds is 19. The summed E-state index contributed by atoms with van der Waals surface area (Å²) in [5.41, 5.74) is 5.89. The Morgan fingerprint density at radius 3 is 1.77 bits per heavy atom. The smallest absolute Gasteiger partial charge is 0.326 e. The monoisotopic (exact) mass is 672 g/mol. The van der Waals surface area contributed by atoms with E-state index in [0.29, 0.717) is 19.3 Å². The normalized spacial score (nSPS) is 18.9. The van der Waals surface area contributed by atoms with E-state index < -0.39 is 109 Å². The second-order valence-corrected chi connectivity index (χ2v) is 12.2. The van der Waals surface area contributed by atoms with E-state index in [-0.39, 0.29) is 18.9 Å². The lowest BCUT2D eigenvalue weighted by Gasteiger charge is -2.30. The molecule has 0 aromatic carbocycles. The molecule has 18 nitrogen and oxygen atoms in total. The van der Waals surface area contributed by atoms with Gasteiger partial charge >= 0.3 is 17.9 Å². The fourth-order valence-electron chi connectivity index (χ4n) is 5.01. The largest absolute Gasteiger partial charge is 0.481 e. The molecule has 1 heterocycles. The number of aliphatic hydroxyl groups excluding tert-OH is 1. The number of hydrogen-bond acceptors (Lipinski definition) is 10. The molecule has 0 saturated carbocycles. The number of carboxylic acid groups (broad SMARTS) is 3. The van der Waals surface area contributed by atoms with Crippen LogP contribution in [0.15, 0.2) is 0 Å². The number of amides is 5. The van der Waals surface area contributed by atoms with E-state index in [4.69, 9.17) is 5.73 Å². The minimum atomic E-state index is -1.86. The van der Waals surface area contributed by atoms with Crippen LogP contribution in [0.5, 0.6) is 0 Å². The Hall–Kier alpha value is -4.32. The number of carbonyl (C=O) groups is 8. The van der Waals surface area contributed by atoms with Gasteiger partial charge in [-0.1, -0.05) is 34.1 Å². The second kappa shape index (κ2) is 18.7. The van der Waals surface area contributed by atoms with Crippen LogP contribution >= 0.6 is 0 Å². The Morgan fingerprint density at radius 2 is 1.28 bits per heavy atom. The summed E-state index contributed by atoms with van der Waals surface area (Å²) < 4.78 is 0. The van der Waals surface area contributed by atoms with Crippen LogP contribution in [0, 0.1) is 11.8 Å². The molecule has 8 unspecified atom stereocenters. The Bertz CT molecular complexity index is 1180. The molecule has 1 fully saturated rings. The lowest BCUT2D eigenvalue weighted by atomic mass is 9.96. The molecule has 0 aromatic rings. The zero-order valence-corrected chi connectivity index (χ0v) is 27.2. The third-order valence-electron chi connectivity index (χ3n) is 7.74. The molecule has 47 heavy (non-hydrogen) atoms. The van der Waals surface area contributed by atoms with Gasteiger partial charge in [0.2, 0.25) is 29.5 Å². The molecule has 8 atom stereocenters. The van der Waals surface area contributed by atoms with Crippen molar-refractivity contribution in [1.29, 1.82) is 0 Å². The summed E-state index contributed by atoms with van der Waals surface area (Å²) in [5.74, 6) is -9.88. The van der Waals surface area contributed by atoms with E-state index in [2.05, 4.69) is 21.3 Å². The van der Waals surface area contributed by atoms with Gasteiger partial charge in [0.25, 0.3) is 0 Å². The van der Waals surface area contributed by atoms with Crippen LogP contribution in [0.4, 0.5) is 0 Å².